The van der Waals surface area contributed by atoms with E-state index in [0.717, 1.165) is 5.56 Å². The van der Waals surface area contributed by atoms with E-state index in [1.165, 1.54) is 11.0 Å². The van der Waals surface area contributed by atoms with Crippen molar-refractivity contribution in [3.8, 4) is 5.75 Å². The molecule has 1 aliphatic heterocycles. The van der Waals surface area contributed by atoms with Crippen LogP contribution in [-0.4, -0.2) is 56.0 Å². The lowest BCUT2D eigenvalue weighted by Crippen LogP contribution is -2.32. The van der Waals surface area contributed by atoms with Crippen LogP contribution in [0.15, 0.2) is 41.3 Å². The first-order chi connectivity index (χ1) is 16.6. The maximum absolute atomic E-state index is 12.9. The number of rotatable bonds is 12. The number of amides is 1. The van der Waals surface area contributed by atoms with E-state index in [4.69, 9.17) is 16.3 Å². The van der Waals surface area contributed by atoms with Crippen molar-refractivity contribution in [2.24, 2.45) is 0 Å². The van der Waals surface area contributed by atoms with Crippen LogP contribution in [0.25, 0.3) is 0 Å². The lowest BCUT2D eigenvalue weighted by Gasteiger charge is -2.19. The van der Waals surface area contributed by atoms with Crippen molar-refractivity contribution in [1.82, 2.24) is 9.62 Å². The van der Waals surface area contributed by atoms with Crippen molar-refractivity contribution in [1.29, 1.82) is 0 Å². The van der Waals surface area contributed by atoms with Gasteiger partial charge in [-0.2, -0.15) is 0 Å². The first kappa shape index (κ1) is 27.0. The van der Waals surface area contributed by atoms with E-state index in [2.05, 4.69) is 4.72 Å². The summed E-state index contributed by atoms with van der Waals surface area (Å²) in [6.45, 7) is 4.42. The zero-order valence-electron chi connectivity index (χ0n) is 19.9. The zero-order valence-corrected chi connectivity index (χ0v) is 21.5. The number of hydrogen-bond acceptors (Lipinski definition) is 5. The third-order valence-electron chi connectivity index (χ3n) is 5.71. The number of carbonyl (C=O) groups excluding carboxylic acids is 1. The molecule has 0 saturated heterocycles. The summed E-state index contributed by atoms with van der Waals surface area (Å²) >= 11 is 6.15. The number of benzene rings is 2. The third kappa shape index (κ3) is 7.19. The molecule has 10 heteroatoms. The standard InChI is InChI=1S/C25H31ClN2O6S/c1-17(2)27-35(32,33)23-16-20(15-19-11-14-34-24(19)23)22(29)9-5-6-12-28(25(30)31)13-10-18-7-3-4-8-21(18)26/h3-4,7-8,15-17,27H,5-6,9-14H2,1-2H3,(H,30,31). The number of hydrogen-bond donors (Lipinski definition) is 2. The van der Waals surface area contributed by atoms with Gasteiger partial charge in [-0.05, 0) is 62.4 Å². The molecule has 0 saturated carbocycles. The number of fused-ring (bicyclic) bond motifs is 1. The minimum Gasteiger partial charge on any atom is -0.492 e. The van der Waals surface area contributed by atoms with Gasteiger partial charge in [-0.25, -0.2) is 17.9 Å². The molecule has 190 valence electrons. The molecule has 0 spiro atoms. The number of nitrogens with zero attached hydrogens (tertiary/aromatic N) is 1. The molecule has 35 heavy (non-hydrogen) atoms. The molecule has 0 atom stereocenters. The Labute approximate surface area is 211 Å². The lowest BCUT2D eigenvalue weighted by molar-refractivity contribution is 0.0977. The molecule has 1 amide bonds. The van der Waals surface area contributed by atoms with Crippen molar-refractivity contribution in [3.05, 3.63) is 58.1 Å². The zero-order chi connectivity index (χ0) is 25.6. The van der Waals surface area contributed by atoms with E-state index in [1.54, 1.807) is 26.0 Å². The van der Waals surface area contributed by atoms with Gasteiger partial charge in [0.1, 0.15) is 10.6 Å². The van der Waals surface area contributed by atoms with E-state index >= 15 is 0 Å². The average molecular weight is 523 g/mol. The fourth-order valence-electron chi connectivity index (χ4n) is 4.00. The highest BCUT2D eigenvalue weighted by atomic mass is 35.5. The summed E-state index contributed by atoms with van der Waals surface area (Å²) in [7, 11) is -3.83. The number of carbonyl (C=O) groups is 2. The average Bonchev–Trinajstić information content (AvgIpc) is 3.26. The van der Waals surface area contributed by atoms with Gasteiger partial charge < -0.3 is 14.7 Å². The second-order valence-electron chi connectivity index (χ2n) is 8.83. The molecule has 8 nitrogen and oxygen atoms in total. The molecule has 0 aliphatic carbocycles. The van der Waals surface area contributed by atoms with Gasteiger partial charge in [-0.3, -0.25) is 4.79 Å². The fourth-order valence-corrected chi connectivity index (χ4v) is 5.69. The van der Waals surface area contributed by atoms with Crippen LogP contribution in [0.4, 0.5) is 4.79 Å². The summed E-state index contributed by atoms with van der Waals surface area (Å²) in [5, 5.41) is 10.1. The number of ether oxygens (including phenoxy) is 1. The number of halogens is 1. The van der Waals surface area contributed by atoms with Crippen LogP contribution in [0.3, 0.4) is 0 Å². The molecule has 0 radical (unpaired) electrons. The summed E-state index contributed by atoms with van der Waals surface area (Å²) in [5.74, 6) is 0.129. The van der Waals surface area contributed by atoms with Crippen molar-refractivity contribution >= 4 is 33.5 Å². The molecule has 0 fully saturated rings. The normalized spacial score (nSPS) is 12.9. The second-order valence-corrected chi connectivity index (χ2v) is 10.9. The molecule has 1 aliphatic rings. The van der Waals surface area contributed by atoms with E-state index in [-0.39, 0.29) is 23.1 Å². The number of carboxylic acid groups (broad SMARTS) is 1. The van der Waals surface area contributed by atoms with Crippen LogP contribution >= 0.6 is 11.6 Å². The van der Waals surface area contributed by atoms with Crippen LogP contribution in [0.1, 0.15) is 54.6 Å². The van der Waals surface area contributed by atoms with Gasteiger partial charge >= 0.3 is 6.09 Å². The second kappa shape index (κ2) is 11.9. The molecule has 1 heterocycles. The Hall–Kier alpha value is -2.62. The third-order valence-corrected chi connectivity index (χ3v) is 7.75. The Morgan fingerprint density at radius 3 is 2.60 bits per heavy atom. The van der Waals surface area contributed by atoms with E-state index in [1.807, 2.05) is 18.2 Å². The number of unbranched alkanes of at least 4 members (excludes halogenated alkanes) is 1. The van der Waals surface area contributed by atoms with Crippen molar-refractivity contribution < 1.29 is 27.9 Å². The molecule has 2 aromatic carbocycles. The summed E-state index contributed by atoms with van der Waals surface area (Å²) in [4.78, 5) is 25.8. The SMILES string of the molecule is CC(C)NS(=O)(=O)c1cc(C(=O)CCCCN(CCc2ccccc2Cl)C(=O)O)cc2c1OCC2. The molecule has 0 aromatic heterocycles. The molecule has 2 aromatic rings. The predicted molar refractivity (Wildman–Crippen MR) is 134 cm³/mol. The van der Waals surface area contributed by atoms with Crippen LogP contribution in [0.2, 0.25) is 5.02 Å². The fraction of sp³-hybridized carbons (Fsp3) is 0.440. The predicted octanol–water partition coefficient (Wildman–Crippen LogP) is 4.54. The van der Waals surface area contributed by atoms with Gasteiger partial charge in [0, 0.05) is 42.6 Å². The summed E-state index contributed by atoms with van der Waals surface area (Å²) in [6, 6.07) is 10.1. The Kier molecular flexibility index (Phi) is 9.15. The van der Waals surface area contributed by atoms with Crippen molar-refractivity contribution in [2.75, 3.05) is 19.7 Å². The van der Waals surface area contributed by atoms with E-state index in [0.29, 0.717) is 67.3 Å². The Bertz CT molecular complexity index is 1180. The molecule has 0 unspecified atom stereocenters. The van der Waals surface area contributed by atoms with Gasteiger partial charge in [0.05, 0.1) is 6.61 Å². The van der Waals surface area contributed by atoms with Crippen LogP contribution in [0, 0.1) is 0 Å². The molecular formula is C25H31ClN2O6S. The van der Waals surface area contributed by atoms with Gasteiger partial charge in [-0.15, -0.1) is 0 Å². The Morgan fingerprint density at radius 2 is 1.91 bits per heavy atom. The van der Waals surface area contributed by atoms with Crippen LogP contribution < -0.4 is 9.46 Å². The topological polar surface area (TPSA) is 113 Å². The Balaban J connectivity index is 1.59. The van der Waals surface area contributed by atoms with Crippen LogP contribution in [-0.2, 0) is 22.9 Å². The summed E-state index contributed by atoms with van der Waals surface area (Å²) in [6.07, 6.45) is 1.20. The smallest absolute Gasteiger partial charge is 0.407 e. The molecule has 3 rings (SSSR count). The quantitative estimate of drug-likeness (QED) is 0.312. The minimum atomic E-state index is -3.83. The maximum atomic E-state index is 12.9. The van der Waals surface area contributed by atoms with Crippen LogP contribution in [0.5, 0.6) is 5.75 Å². The van der Waals surface area contributed by atoms with E-state index in [9.17, 15) is 23.1 Å². The van der Waals surface area contributed by atoms with Gasteiger partial charge in [0.25, 0.3) is 0 Å². The molecule has 0 bridgehead atoms. The highest BCUT2D eigenvalue weighted by Crippen LogP contribution is 2.34. The van der Waals surface area contributed by atoms with Crippen molar-refractivity contribution in [2.45, 2.75) is 56.9 Å². The monoisotopic (exact) mass is 522 g/mol. The summed E-state index contributed by atoms with van der Waals surface area (Å²) < 4.78 is 33.7. The summed E-state index contributed by atoms with van der Waals surface area (Å²) in [5.41, 5.74) is 1.91. The first-order valence-electron chi connectivity index (χ1n) is 11.6. The Morgan fingerprint density at radius 1 is 1.17 bits per heavy atom. The molecule has 2 N–H and O–H groups in total. The number of nitrogens with one attached hydrogen (secondary N) is 1. The van der Waals surface area contributed by atoms with Gasteiger partial charge in [0.15, 0.2) is 5.78 Å². The number of sulfonamides is 1. The van der Waals surface area contributed by atoms with Crippen molar-refractivity contribution in [3.63, 3.8) is 0 Å². The largest absolute Gasteiger partial charge is 0.492 e. The lowest BCUT2D eigenvalue weighted by atomic mass is 10.0. The minimum absolute atomic E-state index is 0.0128. The highest BCUT2D eigenvalue weighted by molar-refractivity contribution is 7.89. The van der Waals surface area contributed by atoms with E-state index < -0.39 is 16.1 Å². The molecular weight excluding hydrogens is 492 g/mol. The number of Topliss-reactive ketones (excluding diaryl/α,β-unsaturated/α-hetero) is 1. The van der Waals surface area contributed by atoms with Gasteiger partial charge in [-0.1, -0.05) is 29.8 Å². The first-order valence-corrected chi connectivity index (χ1v) is 13.5. The highest BCUT2D eigenvalue weighted by Gasteiger charge is 2.28. The number of ketones is 1. The van der Waals surface area contributed by atoms with Gasteiger partial charge in [0.2, 0.25) is 10.0 Å². The maximum Gasteiger partial charge on any atom is 0.407 e.